The summed E-state index contributed by atoms with van der Waals surface area (Å²) >= 11 is 0. The fourth-order valence-electron chi connectivity index (χ4n) is 4.13. The van der Waals surface area contributed by atoms with Crippen molar-refractivity contribution < 1.29 is 9.59 Å². The molecule has 7 nitrogen and oxygen atoms in total. The van der Waals surface area contributed by atoms with Gasteiger partial charge in [-0.3, -0.25) is 14.4 Å². The fourth-order valence-corrected chi connectivity index (χ4v) is 4.13. The van der Waals surface area contributed by atoms with Gasteiger partial charge in [0, 0.05) is 5.39 Å². The van der Waals surface area contributed by atoms with Crippen LogP contribution in [0.3, 0.4) is 0 Å². The number of nitrogens with two attached hydrogens (primary N) is 1. The average Bonchev–Trinajstić information content (AvgIpc) is 2.77. The molecule has 1 saturated carbocycles. The van der Waals surface area contributed by atoms with Gasteiger partial charge in [0.05, 0.1) is 11.9 Å². The molecule has 154 valence electrons. The minimum absolute atomic E-state index is 0.118. The second-order valence-electron chi connectivity index (χ2n) is 7.80. The van der Waals surface area contributed by atoms with Crippen LogP contribution in [0.4, 0.5) is 0 Å². The number of nitrogens with one attached hydrogen (secondary N) is 1. The van der Waals surface area contributed by atoms with Gasteiger partial charge in [-0.2, -0.15) is 5.10 Å². The Morgan fingerprint density at radius 1 is 0.967 bits per heavy atom. The minimum Gasteiger partial charge on any atom is -0.368 e. The molecular weight excluding hydrogens is 380 g/mol. The van der Waals surface area contributed by atoms with Crippen molar-refractivity contribution in [2.75, 3.05) is 0 Å². The third-order valence-corrected chi connectivity index (χ3v) is 5.79. The lowest BCUT2D eigenvalue weighted by atomic mass is 9.81. The first-order chi connectivity index (χ1) is 14.5. The molecule has 1 aliphatic rings. The van der Waals surface area contributed by atoms with Crippen molar-refractivity contribution in [3.63, 3.8) is 0 Å². The molecule has 1 fully saturated rings. The molecule has 1 aliphatic carbocycles. The molecule has 0 bridgehead atoms. The van der Waals surface area contributed by atoms with E-state index >= 15 is 0 Å². The molecule has 0 aliphatic heterocycles. The Balaban J connectivity index is 1.77. The maximum absolute atomic E-state index is 13.3. The quantitative estimate of drug-likeness (QED) is 0.681. The molecular formula is C23H24N4O3. The van der Waals surface area contributed by atoms with Crippen LogP contribution in [-0.2, 0) is 11.3 Å². The summed E-state index contributed by atoms with van der Waals surface area (Å²) in [6.07, 6.45) is 3.68. The number of hydrogen-bond acceptors (Lipinski definition) is 4. The molecule has 0 atom stereocenters. The van der Waals surface area contributed by atoms with Crippen LogP contribution in [0.2, 0.25) is 0 Å². The van der Waals surface area contributed by atoms with Gasteiger partial charge in [-0.05, 0) is 24.5 Å². The molecule has 4 rings (SSSR count). The van der Waals surface area contributed by atoms with Crippen molar-refractivity contribution in [2.45, 2.75) is 44.2 Å². The molecule has 2 aromatic carbocycles. The zero-order valence-electron chi connectivity index (χ0n) is 16.6. The lowest BCUT2D eigenvalue weighted by molar-refractivity contribution is -0.125. The van der Waals surface area contributed by atoms with E-state index in [2.05, 4.69) is 10.4 Å². The second-order valence-corrected chi connectivity index (χ2v) is 7.80. The highest BCUT2D eigenvalue weighted by Crippen LogP contribution is 2.28. The Labute approximate surface area is 173 Å². The van der Waals surface area contributed by atoms with Crippen LogP contribution >= 0.6 is 0 Å². The summed E-state index contributed by atoms with van der Waals surface area (Å²) in [5, 5.41) is 8.12. The number of rotatable bonds is 5. The van der Waals surface area contributed by atoms with Crippen LogP contribution in [0.1, 0.15) is 48.2 Å². The number of benzene rings is 2. The van der Waals surface area contributed by atoms with E-state index in [0.29, 0.717) is 23.6 Å². The van der Waals surface area contributed by atoms with Gasteiger partial charge in [-0.15, -0.1) is 0 Å². The lowest BCUT2D eigenvalue weighted by Crippen LogP contribution is -2.58. The number of amides is 2. The van der Waals surface area contributed by atoms with E-state index in [0.717, 1.165) is 24.8 Å². The first kappa shape index (κ1) is 19.8. The molecule has 0 radical (unpaired) electrons. The van der Waals surface area contributed by atoms with Crippen molar-refractivity contribution in [2.24, 2.45) is 5.73 Å². The monoisotopic (exact) mass is 404 g/mol. The van der Waals surface area contributed by atoms with Crippen LogP contribution in [0.5, 0.6) is 0 Å². The maximum atomic E-state index is 13.3. The third-order valence-electron chi connectivity index (χ3n) is 5.79. The summed E-state index contributed by atoms with van der Waals surface area (Å²) in [6.45, 7) is 0.242. The highest BCUT2D eigenvalue weighted by Gasteiger charge is 2.40. The SMILES string of the molecule is NC(=O)C1(NC(=O)c2nn(Cc3ccccc3)c(=O)c3ccccc23)CCCCC1. The van der Waals surface area contributed by atoms with E-state index in [1.165, 1.54) is 4.68 Å². The lowest BCUT2D eigenvalue weighted by Gasteiger charge is -2.35. The summed E-state index contributed by atoms with van der Waals surface area (Å²) < 4.78 is 1.30. The molecule has 0 spiro atoms. The zero-order valence-corrected chi connectivity index (χ0v) is 16.6. The number of nitrogens with zero attached hydrogens (tertiary/aromatic N) is 2. The summed E-state index contributed by atoms with van der Waals surface area (Å²) in [4.78, 5) is 38.4. The summed E-state index contributed by atoms with van der Waals surface area (Å²) in [5.74, 6) is -1.02. The van der Waals surface area contributed by atoms with Crippen LogP contribution in [0, 0.1) is 0 Å². The summed E-state index contributed by atoms with van der Waals surface area (Å²) in [5.41, 5.74) is 5.34. The number of carbonyl (C=O) groups excluding carboxylic acids is 2. The average molecular weight is 404 g/mol. The molecule has 3 aromatic rings. The number of carbonyl (C=O) groups is 2. The van der Waals surface area contributed by atoms with Gasteiger partial charge in [0.1, 0.15) is 5.54 Å². The molecule has 0 saturated heterocycles. The third kappa shape index (κ3) is 3.70. The van der Waals surface area contributed by atoms with Gasteiger partial charge in [0.2, 0.25) is 5.91 Å². The Kier molecular flexibility index (Phi) is 5.35. The van der Waals surface area contributed by atoms with E-state index in [9.17, 15) is 14.4 Å². The van der Waals surface area contributed by atoms with Gasteiger partial charge in [-0.1, -0.05) is 67.8 Å². The van der Waals surface area contributed by atoms with Gasteiger partial charge in [0.25, 0.3) is 11.5 Å². The molecule has 0 unspecified atom stereocenters. The summed E-state index contributed by atoms with van der Waals surface area (Å²) in [7, 11) is 0. The van der Waals surface area contributed by atoms with Crippen LogP contribution < -0.4 is 16.6 Å². The van der Waals surface area contributed by atoms with Crippen molar-refractivity contribution in [3.05, 3.63) is 76.2 Å². The van der Waals surface area contributed by atoms with E-state index < -0.39 is 17.4 Å². The zero-order chi connectivity index (χ0) is 21.1. The van der Waals surface area contributed by atoms with Crippen LogP contribution in [0.25, 0.3) is 10.8 Å². The standard InChI is InChI=1S/C23H24N4O3/c24-22(30)23(13-7-2-8-14-23)25-20(28)19-17-11-5-6-12-18(17)21(29)27(26-19)15-16-9-3-1-4-10-16/h1,3-6,9-12H,2,7-8,13-15H2,(H2,24,30)(H,25,28). The predicted octanol–water partition coefficient (Wildman–Crippen LogP) is 2.36. The normalized spacial score (nSPS) is 15.6. The number of fused-ring (bicyclic) bond motifs is 1. The highest BCUT2D eigenvalue weighted by atomic mass is 16.2. The molecule has 1 aromatic heterocycles. The first-order valence-corrected chi connectivity index (χ1v) is 10.2. The molecule has 7 heteroatoms. The first-order valence-electron chi connectivity index (χ1n) is 10.2. The van der Waals surface area contributed by atoms with Crippen molar-refractivity contribution in [1.29, 1.82) is 0 Å². The van der Waals surface area contributed by atoms with Gasteiger partial charge in [0.15, 0.2) is 5.69 Å². The largest absolute Gasteiger partial charge is 0.368 e. The smallest absolute Gasteiger partial charge is 0.274 e. The van der Waals surface area contributed by atoms with E-state index in [4.69, 9.17) is 5.73 Å². The minimum atomic E-state index is -1.07. The number of hydrogen-bond donors (Lipinski definition) is 2. The highest BCUT2D eigenvalue weighted by molar-refractivity contribution is 6.06. The van der Waals surface area contributed by atoms with E-state index in [-0.39, 0.29) is 17.8 Å². The Hall–Kier alpha value is -3.48. The second kappa shape index (κ2) is 8.10. The number of primary amides is 1. The fraction of sp³-hybridized carbons (Fsp3) is 0.304. The molecule has 2 amide bonds. The molecule has 3 N–H and O–H groups in total. The Bertz CT molecular complexity index is 1150. The van der Waals surface area contributed by atoms with Crippen LogP contribution in [0.15, 0.2) is 59.4 Å². The van der Waals surface area contributed by atoms with Crippen molar-refractivity contribution >= 4 is 22.6 Å². The summed E-state index contributed by atoms with van der Waals surface area (Å²) in [6, 6.07) is 16.3. The topological polar surface area (TPSA) is 107 Å². The van der Waals surface area contributed by atoms with E-state index in [1.54, 1.807) is 24.3 Å². The van der Waals surface area contributed by atoms with Crippen LogP contribution in [-0.4, -0.2) is 27.1 Å². The van der Waals surface area contributed by atoms with Gasteiger partial charge in [-0.25, -0.2) is 4.68 Å². The van der Waals surface area contributed by atoms with Gasteiger partial charge >= 0.3 is 0 Å². The molecule has 30 heavy (non-hydrogen) atoms. The molecule has 1 heterocycles. The predicted molar refractivity (Wildman–Crippen MR) is 114 cm³/mol. The Morgan fingerprint density at radius 3 is 2.27 bits per heavy atom. The van der Waals surface area contributed by atoms with Gasteiger partial charge < -0.3 is 11.1 Å². The Morgan fingerprint density at radius 2 is 1.60 bits per heavy atom. The van der Waals surface area contributed by atoms with Crippen molar-refractivity contribution in [3.8, 4) is 0 Å². The number of aromatic nitrogens is 2. The van der Waals surface area contributed by atoms with E-state index in [1.807, 2.05) is 30.3 Å². The maximum Gasteiger partial charge on any atom is 0.274 e. The van der Waals surface area contributed by atoms with Crippen molar-refractivity contribution in [1.82, 2.24) is 15.1 Å².